The highest BCUT2D eigenvalue weighted by molar-refractivity contribution is 8.00. The number of hydrogen-bond donors (Lipinski definition) is 10. The summed E-state index contributed by atoms with van der Waals surface area (Å²) < 4.78 is 0. The van der Waals surface area contributed by atoms with Crippen molar-refractivity contribution in [3.8, 4) is 0 Å². The Balaban J connectivity index is 1.40. The lowest BCUT2D eigenvalue weighted by Crippen LogP contribution is -2.63. The molecule has 10 N–H and O–H groups in total. The molecule has 266 valence electrons. The highest BCUT2D eigenvalue weighted by Crippen LogP contribution is 2.38. The van der Waals surface area contributed by atoms with E-state index >= 15 is 0 Å². The Morgan fingerprint density at radius 2 is 1.12 bits per heavy atom. The number of carbonyl (C=O) groups is 6. The van der Waals surface area contributed by atoms with Crippen molar-refractivity contribution in [2.75, 3.05) is 18.1 Å². The van der Waals surface area contributed by atoms with E-state index in [2.05, 4.69) is 21.3 Å². The highest BCUT2D eigenvalue weighted by Gasteiger charge is 2.57. The van der Waals surface area contributed by atoms with Gasteiger partial charge in [-0.2, -0.15) is 0 Å². The van der Waals surface area contributed by atoms with E-state index in [-0.39, 0.29) is 17.9 Å². The van der Waals surface area contributed by atoms with Crippen LogP contribution in [0.4, 0.5) is 0 Å². The first kappa shape index (κ1) is 35.3. The van der Waals surface area contributed by atoms with Crippen molar-refractivity contribution in [2.24, 2.45) is 0 Å². The van der Waals surface area contributed by atoms with Crippen LogP contribution in [0, 0.1) is 0 Å². The molecule has 13 atom stereocenters. The minimum absolute atomic E-state index is 0.101. The maximum absolute atomic E-state index is 13.9. The van der Waals surface area contributed by atoms with Gasteiger partial charge in [0.05, 0.1) is 6.54 Å². The van der Waals surface area contributed by atoms with Crippen molar-refractivity contribution in [3.05, 3.63) is 35.9 Å². The third kappa shape index (κ3) is 6.47. The van der Waals surface area contributed by atoms with Crippen LogP contribution in [0.5, 0.6) is 0 Å². The van der Waals surface area contributed by atoms with Crippen molar-refractivity contribution in [3.63, 3.8) is 0 Å². The molecule has 0 unspecified atom stereocenters. The Labute approximate surface area is 286 Å². The van der Waals surface area contributed by atoms with Crippen LogP contribution in [-0.2, 0) is 35.2 Å². The van der Waals surface area contributed by atoms with E-state index in [4.69, 9.17) is 0 Å². The quantitative estimate of drug-likeness (QED) is 0.136. The summed E-state index contributed by atoms with van der Waals surface area (Å²) in [6.45, 7) is -0.779. The van der Waals surface area contributed by atoms with E-state index in [0.717, 1.165) is 33.3 Å². The van der Waals surface area contributed by atoms with Gasteiger partial charge in [0.2, 0.25) is 35.4 Å². The van der Waals surface area contributed by atoms with Crippen LogP contribution < -0.4 is 21.3 Å². The second kappa shape index (κ2) is 14.0. The Kier molecular flexibility index (Phi) is 10.1. The zero-order valence-corrected chi connectivity index (χ0v) is 27.2. The summed E-state index contributed by atoms with van der Waals surface area (Å²) in [7, 11) is 0. The Morgan fingerprint density at radius 3 is 1.67 bits per heavy atom. The zero-order valence-electron chi connectivity index (χ0n) is 25.6. The lowest BCUT2D eigenvalue weighted by Gasteiger charge is -2.33. The number of hydrogen-bond acceptors (Lipinski definition) is 14. The fourth-order valence-electron chi connectivity index (χ4n) is 6.68. The number of rotatable bonds is 2. The first-order valence-corrected chi connectivity index (χ1v) is 17.6. The number of aliphatic hydroxyl groups excluding tert-OH is 6. The molecule has 18 nitrogen and oxygen atoms in total. The Bertz CT molecular complexity index is 1510. The summed E-state index contributed by atoms with van der Waals surface area (Å²) in [4.78, 5) is 83.8. The van der Waals surface area contributed by atoms with Crippen LogP contribution in [0.2, 0.25) is 0 Å². The topological polar surface area (TPSA) is 278 Å². The predicted octanol–water partition coefficient (Wildman–Crippen LogP) is -6.45. The molecule has 5 heterocycles. The number of thioether (sulfide) groups is 2. The Hall–Kier alpha value is -3.50. The first-order valence-electron chi connectivity index (χ1n) is 15.5. The van der Waals surface area contributed by atoms with Gasteiger partial charge >= 0.3 is 0 Å². The van der Waals surface area contributed by atoms with E-state index in [0.29, 0.717) is 5.56 Å². The molecule has 20 heteroatoms. The maximum Gasteiger partial charge on any atom is 0.249 e. The van der Waals surface area contributed by atoms with E-state index in [9.17, 15) is 59.4 Å². The van der Waals surface area contributed by atoms with Gasteiger partial charge in [0.25, 0.3) is 0 Å². The van der Waals surface area contributed by atoms with Crippen LogP contribution in [0.15, 0.2) is 30.3 Å². The fourth-order valence-corrected chi connectivity index (χ4v) is 9.60. The minimum atomic E-state index is -2.04. The molecule has 5 aliphatic rings. The fraction of sp³-hybridized carbons (Fsp3) is 0.586. The highest BCUT2D eigenvalue weighted by atomic mass is 32.2. The minimum Gasteiger partial charge on any atom is -0.388 e. The Morgan fingerprint density at radius 1 is 0.612 bits per heavy atom. The van der Waals surface area contributed by atoms with Gasteiger partial charge in [-0.15, -0.1) is 23.5 Å². The van der Waals surface area contributed by atoms with Crippen LogP contribution in [0.1, 0.15) is 5.56 Å². The van der Waals surface area contributed by atoms with E-state index < -0.39 is 120 Å². The number of amides is 6. The largest absolute Gasteiger partial charge is 0.388 e. The number of benzene rings is 1. The average molecular weight is 725 g/mol. The molecule has 5 aliphatic heterocycles. The molecule has 5 fully saturated rings. The molecule has 4 bridgehead atoms. The van der Waals surface area contributed by atoms with Gasteiger partial charge in [-0.1, -0.05) is 30.3 Å². The summed E-state index contributed by atoms with van der Waals surface area (Å²) >= 11 is 1.85. The first-order chi connectivity index (χ1) is 23.3. The van der Waals surface area contributed by atoms with Crippen molar-refractivity contribution >= 4 is 59.0 Å². The van der Waals surface area contributed by atoms with Crippen molar-refractivity contribution in [2.45, 2.75) is 84.0 Å². The summed E-state index contributed by atoms with van der Waals surface area (Å²) in [6.07, 6.45) is -11.6. The van der Waals surface area contributed by atoms with Crippen molar-refractivity contribution < 1.29 is 59.4 Å². The van der Waals surface area contributed by atoms with Gasteiger partial charge in [0, 0.05) is 17.9 Å². The summed E-state index contributed by atoms with van der Waals surface area (Å²) in [5.74, 6) is -5.97. The lowest BCUT2D eigenvalue weighted by atomic mass is 10.0. The molecular weight excluding hydrogens is 688 g/mol. The molecule has 0 aromatic heterocycles. The molecule has 0 radical (unpaired) electrons. The normalized spacial score (nSPS) is 40.3. The predicted molar refractivity (Wildman–Crippen MR) is 169 cm³/mol. The van der Waals surface area contributed by atoms with E-state index in [1.807, 2.05) is 0 Å². The van der Waals surface area contributed by atoms with Gasteiger partial charge in [-0.05, 0) is 5.56 Å². The smallest absolute Gasteiger partial charge is 0.249 e. The average Bonchev–Trinajstić information content (AvgIpc) is 3.72. The molecule has 0 aliphatic carbocycles. The third-order valence-corrected chi connectivity index (χ3v) is 12.0. The van der Waals surface area contributed by atoms with Gasteiger partial charge in [0.1, 0.15) is 77.6 Å². The van der Waals surface area contributed by atoms with Crippen LogP contribution in [0.25, 0.3) is 0 Å². The molecule has 6 amide bonds. The van der Waals surface area contributed by atoms with Gasteiger partial charge < -0.3 is 61.7 Å². The SMILES string of the molecule is O=C1CNC(=O)[C@@H]2CS[C@@H]3[C@H](O)[C@@H](O)[C@H](O)[C@H](NC(=O)[C@@H](Cc4ccccc4)NC(=O)[C@@H]4CS[C@@H]5[C@H](O)[C@@H](O)[C@H](O)[C@H](N1)C(=O)N54)C(=O)N32. The molecular formula is C29H36N6O12S2. The second-order valence-electron chi connectivity index (χ2n) is 12.4. The van der Waals surface area contributed by atoms with Gasteiger partial charge in [-0.25, -0.2) is 0 Å². The number of carbonyl (C=O) groups excluding carboxylic acids is 6. The van der Waals surface area contributed by atoms with Gasteiger partial charge in [0.15, 0.2) is 0 Å². The van der Waals surface area contributed by atoms with Crippen LogP contribution >= 0.6 is 23.5 Å². The summed E-state index contributed by atoms with van der Waals surface area (Å²) in [6, 6.07) is 0.516. The third-order valence-electron chi connectivity index (χ3n) is 9.34. The molecule has 5 saturated heterocycles. The number of nitrogens with one attached hydrogen (secondary N) is 4. The molecule has 1 aromatic carbocycles. The molecule has 0 saturated carbocycles. The molecule has 49 heavy (non-hydrogen) atoms. The number of fused-ring (bicyclic) bond motifs is 2. The standard InChI is InChI=1S/C29H36N6O12S2/c36-14-7-30-24(44)12-8-48-28-22(42)20(40)18(38)16(27(47)34(12)28)33-23(43)11(6-10-4-2-1-3-5-10)31-25(45)13-9-49-29-21(41)19(39)17(37)15(32-14)26(46)35(13)29/h1-5,11-13,15-22,28-29,37-42H,6-9H2,(H,30,44)(H,31,45)(H,32,36)(H,33,43)/t11-,12+,13+,15+,16+,17-,18-,19+,20+,21-,22-,28-,29-/m1/s1. The van der Waals surface area contributed by atoms with Crippen molar-refractivity contribution in [1.82, 2.24) is 31.1 Å². The number of aliphatic hydroxyl groups is 6. The molecule has 0 spiro atoms. The van der Waals surface area contributed by atoms with Gasteiger partial charge in [-0.3, -0.25) is 28.8 Å². The second-order valence-corrected chi connectivity index (χ2v) is 14.7. The molecule has 6 rings (SSSR count). The zero-order chi connectivity index (χ0) is 35.3. The van der Waals surface area contributed by atoms with Crippen molar-refractivity contribution in [1.29, 1.82) is 0 Å². The monoisotopic (exact) mass is 724 g/mol. The summed E-state index contributed by atoms with van der Waals surface area (Å²) in [5.41, 5.74) is 0.565. The lowest BCUT2D eigenvalue weighted by molar-refractivity contribution is -0.146. The van der Waals surface area contributed by atoms with Crippen LogP contribution in [0.3, 0.4) is 0 Å². The van der Waals surface area contributed by atoms with E-state index in [1.54, 1.807) is 30.3 Å². The van der Waals surface area contributed by atoms with E-state index in [1.165, 1.54) is 0 Å². The van der Waals surface area contributed by atoms with Crippen LogP contribution in [-0.4, -0.2) is 172 Å². The molecule has 1 aromatic rings. The number of nitrogens with zero attached hydrogens (tertiary/aromatic N) is 2. The maximum atomic E-state index is 13.9. The summed E-state index contributed by atoms with van der Waals surface area (Å²) in [5, 5.41) is 72.2.